The quantitative estimate of drug-likeness (QED) is 0.464. The van der Waals surface area contributed by atoms with Gasteiger partial charge in [-0.3, -0.25) is 0 Å². The molecule has 1 rings (SSSR count). The summed E-state index contributed by atoms with van der Waals surface area (Å²) >= 11 is 11.7. The van der Waals surface area contributed by atoms with E-state index in [0.717, 1.165) is 5.56 Å². The second kappa shape index (κ2) is 5.19. The zero-order chi connectivity index (χ0) is 11.4. The lowest BCUT2D eigenvalue weighted by Gasteiger charge is -2.08. The van der Waals surface area contributed by atoms with Crippen LogP contribution in [0.4, 0.5) is 0 Å². The van der Waals surface area contributed by atoms with Crippen molar-refractivity contribution in [1.82, 2.24) is 0 Å². The summed E-state index contributed by atoms with van der Waals surface area (Å²) in [7, 11) is 1.30. The summed E-state index contributed by atoms with van der Waals surface area (Å²) in [6, 6.07) is 5.27. The molecule has 0 saturated heterocycles. The molecular formula is C11H10Cl2O2. The van der Waals surface area contributed by atoms with E-state index in [4.69, 9.17) is 23.2 Å². The fourth-order valence-corrected chi connectivity index (χ4v) is 1.75. The molecule has 2 nitrogen and oxygen atoms in total. The summed E-state index contributed by atoms with van der Waals surface area (Å²) in [5, 5.41) is 0.447. The van der Waals surface area contributed by atoms with Crippen LogP contribution < -0.4 is 0 Å². The topological polar surface area (TPSA) is 26.3 Å². The van der Waals surface area contributed by atoms with Crippen LogP contribution in [0.3, 0.4) is 0 Å². The lowest BCUT2D eigenvalue weighted by molar-refractivity contribution is -0.133. The maximum Gasteiger partial charge on any atom is 0.337 e. The third-order valence-electron chi connectivity index (χ3n) is 1.98. The van der Waals surface area contributed by atoms with E-state index in [-0.39, 0.29) is 5.57 Å². The van der Waals surface area contributed by atoms with Gasteiger partial charge >= 0.3 is 5.97 Å². The minimum atomic E-state index is -0.497. The van der Waals surface area contributed by atoms with Crippen LogP contribution in [0.5, 0.6) is 0 Å². The van der Waals surface area contributed by atoms with Gasteiger partial charge in [0.1, 0.15) is 0 Å². The van der Waals surface area contributed by atoms with Crippen LogP contribution in [0.25, 0.3) is 5.57 Å². The number of alkyl halides is 1. The average molecular weight is 245 g/mol. The van der Waals surface area contributed by atoms with Gasteiger partial charge in [0.15, 0.2) is 0 Å². The Hall–Kier alpha value is -0.990. The van der Waals surface area contributed by atoms with E-state index in [2.05, 4.69) is 11.3 Å². The lowest BCUT2D eigenvalue weighted by Crippen LogP contribution is -2.03. The molecule has 0 aliphatic carbocycles. The molecule has 15 heavy (non-hydrogen) atoms. The minimum Gasteiger partial charge on any atom is -0.465 e. The summed E-state index contributed by atoms with van der Waals surface area (Å²) in [5.74, 6) is -0.204. The number of benzene rings is 1. The van der Waals surface area contributed by atoms with E-state index < -0.39 is 5.97 Å². The second-order valence-corrected chi connectivity index (χ2v) is 3.53. The van der Waals surface area contributed by atoms with Gasteiger partial charge in [-0.2, -0.15) is 0 Å². The maximum atomic E-state index is 11.3. The molecule has 0 amide bonds. The Kier molecular flexibility index (Phi) is 4.18. The highest BCUT2D eigenvalue weighted by molar-refractivity contribution is 6.35. The summed E-state index contributed by atoms with van der Waals surface area (Å²) in [6.07, 6.45) is 0. The normalized spacial score (nSPS) is 9.80. The molecule has 0 radical (unpaired) electrons. The molecule has 0 aliphatic rings. The molecule has 0 N–H and O–H groups in total. The molecular weight excluding hydrogens is 235 g/mol. The molecule has 0 saturated carbocycles. The van der Waals surface area contributed by atoms with Crippen molar-refractivity contribution in [2.24, 2.45) is 0 Å². The van der Waals surface area contributed by atoms with Gasteiger partial charge < -0.3 is 4.74 Å². The number of hydrogen-bond donors (Lipinski definition) is 0. The third-order valence-corrected chi connectivity index (χ3v) is 2.71. The number of halogens is 2. The van der Waals surface area contributed by atoms with Crippen LogP contribution in [-0.4, -0.2) is 13.1 Å². The van der Waals surface area contributed by atoms with Crippen molar-refractivity contribution < 1.29 is 9.53 Å². The number of ether oxygens (including phenoxy) is 1. The summed E-state index contributed by atoms with van der Waals surface area (Å²) in [6.45, 7) is 3.63. The van der Waals surface area contributed by atoms with Crippen molar-refractivity contribution in [2.75, 3.05) is 7.11 Å². The van der Waals surface area contributed by atoms with Crippen molar-refractivity contribution >= 4 is 34.7 Å². The van der Waals surface area contributed by atoms with E-state index in [1.807, 2.05) is 0 Å². The number of methoxy groups -OCH3 is 1. The number of hydrogen-bond acceptors (Lipinski definition) is 2. The van der Waals surface area contributed by atoms with Gasteiger partial charge in [0.25, 0.3) is 0 Å². The first-order valence-corrected chi connectivity index (χ1v) is 5.14. The van der Waals surface area contributed by atoms with Crippen LogP contribution in [0.1, 0.15) is 11.1 Å². The van der Waals surface area contributed by atoms with E-state index in [1.54, 1.807) is 18.2 Å². The molecule has 80 valence electrons. The van der Waals surface area contributed by atoms with Crippen molar-refractivity contribution in [2.45, 2.75) is 5.88 Å². The standard InChI is InChI=1S/C11H10Cl2O2/c1-7(11(14)15-2)9-5-3-4-8(6-12)10(9)13/h3-5H,1,6H2,2H3. The Morgan fingerprint density at radius 3 is 2.73 bits per heavy atom. The van der Waals surface area contributed by atoms with Gasteiger partial charge in [0, 0.05) is 11.4 Å². The van der Waals surface area contributed by atoms with Crippen LogP contribution in [0.2, 0.25) is 5.02 Å². The second-order valence-electron chi connectivity index (χ2n) is 2.88. The molecule has 0 fully saturated rings. The van der Waals surface area contributed by atoms with Crippen LogP contribution >= 0.6 is 23.2 Å². The molecule has 4 heteroatoms. The van der Waals surface area contributed by atoms with Crippen molar-refractivity contribution in [3.63, 3.8) is 0 Å². The fraction of sp³-hybridized carbons (Fsp3) is 0.182. The SMILES string of the molecule is C=C(C(=O)OC)c1cccc(CCl)c1Cl. The Morgan fingerprint density at radius 1 is 1.53 bits per heavy atom. The number of carbonyl (C=O) groups is 1. The molecule has 0 bridgehead atoms. The monoisotopic (exact) mass is 244 g/mol. The smallest absolute Gasteiger partial charge is 0.337 e. The van der Waals surface area contributed by atoms with E-state index >= 15 is 0 Å². The number of rotatable bonds is 3. The molecule has 0 aromatic heterocycles. The zero-order valence-corrected chi connectivity index (χ0v) is 9.73. The largest absolute Gasteiger partial charge is 0.465 e. The maximum absolute atomic E-state index is 11.3. The van der Waals surface area contributed by atoms with Gasteiger partial charge in [0.2, 0.25) is 0 Å². The number of esters is 1. The molecule has 0 heterocycles. The van der Waals surface area contributed by atoms with Crippen LogP contribution in [0.15, 0.2) is 24.8 Å². The molecule has 1 aromatic carbocycles. The van der Waals surface area contributed by atoms with Crippen molar-refractivity contribution in [3.8, 4) is 0 Å². The van der Waals surface area contributed by atoms with Crippen LogP contribution in [0, 0.1) is 0 Å². The minimum absolute atomic E-state index is 0.231. The Labute approximate surface area is 98.4 Å². The van der Waals surface area contributed by atoms with Gasteiger partial charge in [-0.05, 0) is 5.56 Å². The van der Waals surface area contributed by atoms with E-state index in [9.17, 15) is 4.79 Å². The summed E-state index contributed by atoms with van der Waals surface area (Å²) < 4.78 is 4.56. The van der Waals surface area contributed by atoms with Gasteiger partial charge in [-0.15, -0.1) is 11.6 Å². The first-order valence-electron chi connectivity index (χ1n) is 4.22. The molecule has 0 unspecified atom stereocenters. The first-order chi connectivity index (χ1) is 7.11. The van der Waals surface area contributed by atoms with Crippen molar-refractivity contribution in [3.05, 3.63) is 40.9 Å². The average Bonchev–Trinajstić information content (AvgIpc) is 2.27. The Bertz CT molecular complexity index is 400. The highest BCUT2D eigenvalue weighted by atomic mass is 35.5. The van der Waals surface area contributed by atoms with Gasteiger partial charge in [-0.25, -0.2) is 4.79 Å². The molecule has 0 spiro atoms. The van der Waals surface area contributed by atoms with Crippen LogP contribution in [-0.2, 0) is 15.4 Å². The fourth-order valence-electron chi connectivity index (χ4n) is 1.15. The first kappa shape index (κ1) is 12.1. The number of carbonyl (C=O) groups excluding carboxylic acids is 1. The van der Waals surface area contributed by atoms with Gasteiger partial charge in [-0.1, -0.05) is 36.4 Å². The highest BCUT2D eigenvalue weighted by Crippen LogP contribution is 2.28. The predicted octanol–water partition coefficient (Wildman–Crippen LogP) is 3.27. The van der Waals surface area contributed by atoms with Gasteiger partial charge in [0.05, 0.1) is 17.7 Å². The lowest BCUT2D eigenvalue weighted by atomic mass is 10.1. The Balaban J connectivity index is 3.15. The summed E-state index contributed by atoms with van der Waals surface area (Å²) in [4.78, 5) is 11.3. The predicted molar refractivity (Wildman–Crippen MR) is 62.1 cm³/mol. The van der Waals surface area contributed by atoms with E-state index in [1.165, 1.54) is 7.11 Å². The zero-order valence-electron chi connectivity index (χ0n) is 8.22. The third kappa shape index (κ3) is 2.52. The summed E-state index contributed by atoms with van der Waals surface area (Å²) in [5.41, 5.74) is 1.55. The van der Waals surface area contributed by atoms with Crippen molar-refractivity contribution in [1.29, 1.82) is 0 Å². The molecule has 0 atom stereocenters. The van der Waals surface area contributed by atoms with E-state index in [0.29, 0.717) is 16.5 Å². The molecule has 0 aliphatic heterocycles. The Morgan fingerprint density at radius 2 is 2.20 bits per heavy atom. The molecule has 1 aromatic rings. The highest BCUT2D eigenvalue weighted by Gasteiger charge is 2.14.